The van der Waals surface area contributed by atoms with Gasteiger partial charge in [0.2, 0.25) is 5.91 Å². The van der Waals surface area contributed by atoms with Crippen LogP contribution in [0.2, 0.25) is 0 Å². The fourth-order valence-corrected chi connectivity index (χ4v) is 3.88. The van der Waals surface area contributed by atoms with Gasteiger partial charge in [0.1, 0.15) is 6.17 Å². The molecule has 1 N–H and O–H groups in total. The maximum Gasteiger partial charge on any atom is 0.241 e. The third-order valence-electron chi connectivity index (χ3n) is 4.48. The first-order valence-corrected chi connectivity index (χ1v) is 8.18. The highest BCUT2D eigenvalue weighted by atomic mass is 32.1. The number of carbonyl (C=O) groups is 1. The quantitative estimate of drug-likeness (QED) is 0.897. The molecular formula is C15H22N2OS. The van der Waals surface area contributed by atoms with Crippen molar-refractivity contribution in [3.63, 3.8) is 0 Å². The van der Waals surface area contributed by atoms with E-state index in [-0.39, 0.29) is 18.1 Å². The van der Waals surface area contributed by atoms with Crippen LogP contribution in [0.15, 0.2) is 16.8 Å². The van der Waals surface area contributed by atoms with Crippen molar-refractivity contribution < 1.29 is 4.79 Å². The molecule has 104 valence electrons. The zero-order chi connectivity index (χ0) is 13.5. The van der Waals surface area contributed by atoms with Gasteiger partial charge in [-0.15, -0.1) is 0 Å². The molecule has 4 heteroatoms. The summed E-state index contributed by atoms with van der Waals surface area (Å²) in [4.78, 5) is 14.5. The normalized spacial score (nSPS) is 28.9. The Morgan fingerprint density at radius 1 is 1.53 bits per heavy atom. The first kappa shape index (κ1) is 13.1. The van der Waals surface area contributed by atoms with Gasteiger partial charge in [-0.05, 0) is 54.0 Å². The molecule has 3 rings (SSSR count). The van der Waals surface area contributed by atoms with E-state index in [1.54, 1.807) is 11.3 Å². The molecule has 2 heterocycles. The summed E-state index contributed by atoms with van der Waals surface area (Å²) in [6.07, 6.45) is 5.13. The fourth-order valence-electron chi connectivity index (χ4n) is 3.21. The smallest absolute Gasteiger partial charge is 0.241 e. The molecule has 1 saturated heterocycles. The number of thiophene rings is 1. The summed E-state index contributed by atoms with van der Waals surface area (Å²) in [5.74, 6) is 0.263. The molecule has 1 aromatic rings. The zero-order valence-corrected chi connectivity index (χ0v) is 12.5. The van der Waals surface area contributed by atoms with Crippen LogP contribution in [0, 0.1) is 5.41 Å². The molecule has 1 aliphatic heterocycles. The van der Waals surface area contributed by atoms with E-state index in [9.17, 15) is 4.79 Å². The average Bonchev–Trinajstić information content (AvgIpc) is 2.85. The maximum atomic E-state index is 12.4. The number of hydrogen-bond donors (Lipinski definition) is 1. The van der Waals surface area contributed by atoms with Crippen molar-refractivity contribution >= 4 is 17.2 Å². The van der Waals surface area contributed by atoms with Crippen LogP contribution < -0.4 is 5.32 Å². The lowest BCUT2D eigenvalue weighted by Gasteiger charge is -2.28. The molecule has 0 radical (unpaired) electrons. The Bertz CT molecular complexity index is 453. The monoisotopic (exact) mass is 278 g/mol. The second kappa shape index (κ2) is 4.91. The lowest BCUT2D eigenvalue weighted by Crippen LogP contribution is -2.35. The Hall–Kier alpha value is -0.870. The zero-order valence-electron chi connectivity index (χ0n) is 11.7. The number of nitrogens with zero attached hydrogens (tertiary/aromatic N) is 1. The van der Waals surface area contributed by atoms with Gasteiger partial charge >= 0.3 is 0 Å². The molecule has 0 aromatic carbocycles. The molecule has 2 atom stereocenters. The highest BCUT2D eigenvalue weighted by Crippen LogP contribution is 2.51. The predicted octanol–water partition coefficient (Wildman–Crippen LogP) is 3.15. The highest BCUT2D eigenvalue weighted by molar-refractivity contribution is 7.07. The average molecular weight is 278 g/mol. The number of rotatable bonds is 5. The van der Waals surface area contributed by atoms with Crippen molar-refractivity contribution in [2.45, 2.75) is 51.7 Å². The van der Waals surface area contributed by atoms with E-state index in [1.165, 1.54) is 31.2 Å². The van der Waals surface area contributed by atoms with Gasteiger partial charge in [0.05, 0.1) is 6.04 Å². The van der Waals surface area contributed by atoms with E-state index in [1.807, 2.05) is 6.92 Å². The van der Waals surface area contributed by atoms with Crippen molar-refractivity contribution in [3.8, 4) is 0 Å². The van der Waals surface area contributed by atoms with Gasteiger partial charge < -0.3 is 4.90 Å². The summed E-state index contributed by atoms with van der Waals surface area (Å²) < 4.78 is 0. The van der Waals surface area contributed by atoms with Crippen LogP contribution in [0.4, 0.5) is 0 Å². The van der Waals surface area contributed by atoms with Crippen LogP contribution in [0.1, 0.15) is 51.3 Å². The van der Waals surface area contributed by atoms with Crippen molar-refractivity contribution in [3.05, 3.63) is 22.4 Å². The molecule has 1 aromatic heterocycles. The molecule has 1 amide bonds. The van der Waals surface area contributed by atoms with Crippen LogP contribution in [-0.2, 0) is 4.79 Å². The Morgan fingerprint density at radius 2 is 2.32 bits per heavy atom. The molecule has 2 unspecified atom stereocenters. The van der Waals surface area contributed by atoms with E-state index in [0.29, 0.717) is 5.41 Å². The van der Waals surface area contributed by atoms with Gasteiger partial charge in [-0.1, -0.05) is 13.3 Å². The topological polar surface area (TPSA) is 32.3 Å². The van der Waals surface area contributed by atoms with Crippen molar-refractivity contribution in [2.75, 3.05) is 6.54 Å². The van der Waals surface area contributed by atoms with E-state index >= 15 is 0 Å². The standard InChI is InChI=1S/C15H22N2OS/c1-3-5-15(6-7-15)10-17-13(12-4-8-19-9-12)16-11(2)14(17)18/h4,8-9,11,13,16H,3,5-7,10H2,1-2H3. The van der Waals surface area contributed by atoms with Crippen molar-refractivity contribution in [1.82, 2.24) is 10.2 Å². The van der Waals surface area contributed by atoms with Crippen molar-refractivity contribution in [1.29, 1.82) is 0 Å². The first-order valence-electron chi connectivity index (χ1n) is 7.24. The minimum Gasteiger partial charge on any atom is -0.321 e. The summed E-state index contributed by atoms with van der Waals surface area (Å²) in [5.41, 5.74) is 1.65. The number of nitrogens with one attached hydrogen (secondary N) is 1. The van der Waals surface area contributed by atoms with E-state index in [2.05, 4.69) is 34.0 Å². The van der Waals surface area contributed by atoms with E-state index in [0.717, 1.165) is 6.54 Å². The number of amides is 1. The Kier molecular flexibility index (Phi) is 3.39. The van der Waals surface area contributed by atoms with Crippen LogP contribution in [0.5, 0.6) is 0 Å². The summed E-state index contributed by atoms with van der Waals surface area (Å²) in [5, 5.41) is 7.66. The Labute approximate surface area is 119 Å². The van der Waals surface area contributed by atoms with E-state index < -0.39 is 0 Å². The predicted molar refractivity (Wildman–Crippen MR) is 77.9 cm³/mol. The Balaban J connectivity index is 1.78. The second-order valence-corrected chi connectivity index (χ2v) is 6.84. The third kappa shape index (κ3) is 2.43. The largest absolute Gasteiger partial charge is 0.321 e. The molecule has 1 saturated carbocycles. The molecule has 3 nitrogen and oxygen atoms in total. The SMILES string of the molecule is CCCC1(CN2C(=O)C(C)NC2c2ccsc2)CC1. The van der Waals surface area contributed by atoms with Crippen molar-refractivity contribution in [2.24, 2.45) is 5.41 Å². The van der Waals surface area contributed by atoms with Gasteiger partial charge in [-0.2, -0.15) is 11.3 Å². The van der Waals surface area contributed by atoms with Crippen LogP contribution in [-0.4, -0.2) is 23.4 Å². The molecule has 2 aliphatic rings. The third-order valence-corrected chi connectivity index (χ3v) is 5.18. The number of hydrogen-bond acceptors (Lipinski definition) is 3. The fraction of sp³-hybridized carbons (Fsp3) is 0.667. The first-order chi connectivity index (χ1) is 9.15. The molecule has 0 bridgehead atoms. The van der Waals surface area contributed by atoms with Gasteiger partial charge in [0, 0.05) is 6.54 Å². The molecule has 2 fully saturated rings. The molecule has 0 spiro atoms. The minimum atomic E-state index is -0.0534. The summed E-state index contributed by atoms with van der Waals surface area (Å²) in [6.45, 7) is 5.14. The highest BCUT2D eigenvalue weighted by Gasteiger charge is 2.47. The van der Waals surface area contributed by atoms with Gasteiger partial charge in [0.25, 0.3) is 0 Å². The Morgan fingerprint density at radius 3 is 2.89 bits per heavy atom. The van der Waals surface area contributed by atoms with Crippen LogP contribution >= 0.6 is 11.3 Å². The maximum absolute atomic E-state index is 12.4. The second-order valence-electron chi connectivity index (χ2n) is 6.06. The van der Waals surface area contributed by atoms with Gasteiger partial charge in [-0.25, -0.2) is 0 Å². The summed E-state index contributed by atoms with van der Waals surface area (Å²) in [6, 6.07) is 2.07. The summed E-state index contributed by atoms with van der Waals surface area (Å²) in [7, 11) is 0. The summed E-state index contributed by atoms with van der Waals surface area (Å²) >= 11 is 1.70. The van der Waals surface area contributed by atoms with Crippen LogP contribution in [0.3, 0.4) is 0 Å². The lowest BCUT2D eigenvalue weighted by molar-refractivity contribution is -0.130. The lowest BCUT2D eigenvalue weighted by atomic mass is 9.99. The van der Waals surface area contributed by atoms with Gasteiger partial charge in [0.15, 0.2) is 0 Å². The number of carbonyl (C=O) groups excluding carboxylic acids is 1. The van der Waals surface area contributed by atoms with E-state index in [4.69, 9.17) is 0 Å². The van der Waals surface area contributed by atoms with Gasteiger partial charge in [-0.3, -0.25) is 10.1 Å². The molecular weight excluding hydrogens is 256 g/mol. The molecule has 1 aliphatic carbocycles. The molecule has 19 heavy (non-hydrogen) atoms. The van der Waals surface area contributed by atoms with Crippen LogP contribution in [0.25, 0.3) is 0 Å². The minimum absolute atomic E-state index is 0.0534.